The van der Waals surface area contributed by atoms with Crippen LogP contribution < -0.4 is 14.2 Å². The maximum atomic E-state index is 12.5. The number of halogens is 1. The minimum absolute atomic E-state index is 0.0430. The summed E-state index contributed by atoms with van der Waals surface area (Å²) in [6, 6.07) is 14.1. The number of anilines is 2. The third-order valence-electron chi connectivity index (χ3n) is 3.75. The first kappa shape index (κ1) is 20.9. The van der Waals surface area contributed by atoms with E-state index in [1.807, 2.05) is 0 Å². The average Bonchev–Trinajstić information content (AvgIpc) is 2.68. The minimum atomic E-state index is -3.92. The third-order valence-corrected chi connectivity index (χ3v) is 6.80. The molecule has 2 N–H and O–H groups in total. The highest BCUT2D eigenvalue weighted by molar-refractivity contribution is 7.93. The van der Waals surface area contributed by atoms with E-state index in [1.165, 1.54) is 61.8 Å². The Morgan fingerprint density at radius 1 is 0.862 bits per heavy atom. The molecular weight excluding hydrogens is 438 g/mol. The lowest BCUT2D eigenvalue weighted by atomic mass is 10.3. The zero-order valence-electron chi connectivity index (χ0n) is 15.0. The van der Waals surface area contributed by atoms with Crippen LogP contribution in [0.25, 0.3) is 0 Å². The fourth-order valence-corrected chi connectivity index (χ4v) is 4.77. The van der Waals surface area contributed by atoms with E-state index in [1.54, 1.807) is 12.1 Å². The molecule has 0 unspecified atom stereocenters. The predicted molar refractivity (Wildman–Crippen MR) is 110 cm³/mol. The number of nitrogens with one attached hydrogen (secondary N) is 2. The van der Waals surface area contributed by atoms with Gasteiger partial charge in [-0.15, -0.1) is 0 Å². The molecule has 3 aromatic rings. The summed E-state index contributed by atoms with van der Waals surface area (Å²) in [4.78, 5) is 3.81. The quantitative estimate of drug-likeness (QED) is 0.567. The van der Waals surface area contributed by atoms with Gasteiger partial charge >= 0.3 is 0 Å². The predicted octanol–water partition coefficient (Wildman–Crippen LogP) is 3.35. The van der Waals surface area contributed by atoms with Gasteiger partial charge in [-0.1, -0.05) is 17.7 Å². The zero-order valence-corrected chi connectivity index (χ0v) is 17.4. The molecule has 0 fully saturated rings. The Balaban J connectivity index is 1.79. The van der Waals surface area contributed by atoms with Gasteiger partial charge in [-0.3, -0.25) is 9.44 Å². The number of hydrogen-bond acceptors (Lipinski definition) is 6. The van der Waals surface area contributed by atoms with Crippen LogP contribution in [0.5, 0.6) is 5.75 Å². The summed E-state index contributed by atoms with van der Waals surface area (Å²) >= 11 is 5.98. The Labute approximate surface area is 173 Å². The average molecular weight is 454 g/mol. The molecule has 29 heavy (non-hydrogen) atoms. The van der Waals surface area contributed by atoms with E-state index in [9.17, 15) is 16.8 Å². The molecule has 0 spiro atoms. The van der Waals surface area contributed by atoms with Crippen LogP contribution in [0.4, 0.5) is 11.5 Å². The van der Waals surface area contributed by atoms with Crippen molar-refractivity contribution >= 4 is 43.2 Å². The lowest BCUT2D eigenvalue weighted by molar-refractivity contribution is 0.414. The molecule has 0 saturated carbocycles. The Bertz CT molecular complexity index is 1220. The van der Waals surface area contributed by atoms with Crippen LogP contribution in [-0.2, 0) is 20.0 Å². The maximum Gasteiger partial charge on any atom is 0.263 e. The number of ether oxygens (including phenoxy) is 1. The van der Waals surface area contributed by atoms with Gasteiger partial charge in [0.05, 0.1) is 21.9 Å². The fraction of sp³-hybridized carbons (Fsp3) is 0.0556. The molecule has 0 aliphatic heterocycles. The van der Waals surface area contributed by atoms with Gasteiger partial charge in [0.15, 0.2) is 0 Å². The van der Waals surface area contributed by atoms with Crippen LogP contribution in [0.15, 0.2) is 76.7 Å². The lowest BCUT2D eigenvalue weighted by Gasteiger charge is -2.11. The highest BCUT2D eigenvalue weighted by Crippen LogP contribution is 2.28. The first-order valence-electron chi connectivity index (χ1n) is 8.11. The first-order chi connectivity index (χ1) is 13.7. The minimum Gasteiger partial charge on any atom is -0.495 e. The van der Waals surface area contributed by atoms with Gasteiger partial charge in [0.25, 0.3) is 20.0 Å². The van der Waals surface area contributed by atoms with Gasteiger partial charge in [0.2, 0.25) is 0 Å². The molecule has 0 aliphatic rings. The summed E-state index contributed by atoms with van der Waals surface area (Å²) in [6.07, 6.45) is 1.46. The second-order valence-corrected chi connectivity index (χ2v) is 9.52. The van der Waals surface area contributed by atoms with Crippen molar-refractivity contribution in [2.75, 3.05) is 16.6 Å². The van der Waals surface area contributed by atoms with Crippen molar-refractivity contribution in [2.45, 2.75) is 9.79 Å². The van der Waals surface area contributed by atoms with E-state index >= 15 is 0 Å². The molecule has 8 nitrogen and oxygen atoms in total. The molecule has 0 radical (unpaired) electrons. The van der Waals surface area contributed by atoms with Crippen LogP contribution >= 0.6 is 11.6 Å². The Hall–Kier alpha value is -2.82. The standard InChI is InChI=1S/C18H16ClN3O5S2/c1-27-17-10-9-15(12-16(17)19)29(25,26)21-13-5-7-14(8-6-13)28(23,24)22-18-4-2-3-11-20-18/h2-12,21H,1H3,(H,20,22). The first-order valence-corrected chi connectivity index (χ1v) is 11.5. The van der Waals surface area contributed by atoms with Gasteiger partial charge < -0.3 is 4.74 Å². The van der Waals surface area contributed by atoms with Crippen molar-refractivity contribution in [3.8, 4) is 5.75 Å². The number of rotatable bonds is 7. The van der Waals surface area contributed by atoms with Crippen molar-refractivity contribution < 1.29 is 21.6 Å². The SMILES string of the molecule is COc1ccc(S(=O)(=O)Nc2ccc(S(=O)(=O)Nc3ccccn3)cc2)cc1Cl. The third kappa shape index (κ3) is 4.97. The van der Waals surface area contributed by atoms with Crippen molar-refractivity contribution in [1.29, 1.82) is 0 Å². The summed E-state index contributed by atoms with van der Waals surface area (Å²) in [5, 5.41) is 0.150. The fourth-order valence-electron chi connectivity index (χ4n) is 2.35. The van der Waals surface area contributed by atoms with Crippen LogP contribution in [-0.4, -0.2) is 28.9 Å². The maximum absolute atomic E-state index is 12.5. The molecule has 0 aliphatic carbocycles. The van der Waals surface area contributed by atoms with Crippen LogP contribution in [0.3, 0.4) is 0 Å². The van der Waals surface area contributed by atoms with Gasteiger partial charge in [-0.05, 0) is 54.6 Å². The number of aromatic nitrogens is 1. The number of hydrogen-bond donors (Lipinski definition) is 2. The molecule has 0 saturated heterocycles. The monoisotopic (exact) mass is 453 g/mol. The highest BCUT2D eigenvalue weighted by Gasteiger charge is 2.18. The number of sulfonamides is 2. The van der Waals surface area contributed by atoms with E-state index in [0.29, 0.717) is 5.75 Å². The van der Waals surface area contributed by atoms with Crippen molar-refractivity contribution in [3.63, 3.8) is 0 Å². The van der Waals surface area contributed by atoms with Crippen molar-refractivity contribution in [3.05, 3.63) is 71.9 Å². The molecule has 0 atom stereocenters. The van der Waals surface area contributed by atoms with E-state index in [2.05, 4.69) is 14.4 Å². The molecule has 1 heterocycles. The Kier molecular flexibility index (Phi) is 5.96. The number of pyridine rings is 1. The van der Waals surface area contributed by atoms with E-state index in [4.69, 9.17) is 16.3 Å². The molecule has 0 bridgehead atoms. The molecule has 0 amide bonds. The number of methoxy groups -OCH3 is 1. The summed E-state index contributed by atoms with van der Waals surface area (Å²) < 4.78 is 59.6. The van der Waals surface area contributed by atoms with Crippen molar-refractivity contribution in [1.82, 2.24) is 4.98 Å². The molecule has 3 rings (SSSR count). The molecule has 11 heteroatoms. The zero-order chi connectivity index (χ0) is 21.1. The summed E-state index contributed by atoms with van der Waals surface area (Å²) in [5.41, 5.74) is 0.189. The summed E-state index contributed by atoms with van der Waals surface area (Å²) in [6.45, 7) is 0. The summed E-state index contributed by atoms with van der Waals surface area (Å²) in [7, 11) is -6.36. The van der Waals surface area contributed by atoms with Crippen LogP contribution in [0, 0.1) is 0 Å². The van der Waals surface area contributed by atoms with Crippen LogP contribution in [0.2, 0.25) is 5.02 Å². The van der Waals surface area contributed by atoms with E-state index in [-0.39, 0.29) is 26.3 Å². The normalized spacial score (nSPS) is 11.7. The molecule has 152 valence electrons. The largest absolute Gasteiger partial charge is 0.495 e. The van der Waals surface area contributed by atoms with Gasteiger partial charge in [-0.25, -0.2) is 21.8 Å². The second kappa shape index (κ2) is 8.27. The Morgan fingerprint density at radius 2 is 1.52 bits per heavy atom. The van der Waals surface area contributed by atoms with E-state index < -0.39 is 20.0 Å². The second-order valence-electron chi connectivity index (χ2n) is 5.75. The molecule has 1 aromatic heterocycles. The lowest BCUT2D eigenvalue weighted by Crippen LogP contribution is -2.15. The van der Waals surface area contributed by atoms with Gasteiger partial charge in [0, 0.05) is 11.9 Å². The number of nitrogens with zero attached hydrogens (tertiary/aromatic N) is 1. The van der Waals surface area contributed by atoms with Gasteiger partial charge in [-0.2, -0.15) is 0 Å². The number of benzene rings is 2. The van der Waals surface area contributed by atoms with E-state index in [0.717, 1.165) is 0 Å². The Morgan fingerprint density at radius 3 is 2.10 bits per heavy atom. The molecule has 2 aromatic carbocycles. The van der Waals surface area contributed by atoms with Gasteiger partial charge in [0.1, 0.15) is 11.6 Å². The highest BCUT2D eigenvalue weighted by atomic mass is 35.5. The van der Waals surface area contributed by atoms with Crippen molar-refractivity contribution in [2.24, 2.45) is 0 Å². The topological polar surface area (TPSA) is 114 Å². The molecular formula is C18H16ClN3O5S2. The smallest absolute Gasteiger partial charge is 0.263 e. The summed E-state index contributed by atoms with van der Waals surface area (Å²) in [5.74, 6) is 0.522. The van der Waals surface area contributed by atoms with Crippen LogP contribution in [0.1, 0.15) is 0 Å².